The van der Waals surface area contributed by atoms with Gasteiger partial charge in [-0.3, -0.25) is 0 Å². The van der Waals surface area contributed by atoms with Crippen molar-refractivity contribution < 1.29 is 8.42 Å². The number of halogens is 1. The zero-order chi connectivity index (χ0) is 15.3. The molecule has 1 aliphatic heterocycles. The van der Waals surface area contributed by atoms with Crippen molar-refractivity contribution in [1.82, 2.24) is 4.31 Å². The van der Waals surface area contributed by atoms with E-state index in [1.165, 1.54) is 5.41 Å². The Bertz CT molecular complexity index is 576. The molecule has 116 valence electrons. The molecule has 2 rings (SSSR count). The molecule has 1 saturated heterocycles. The Balaban J connectivity index is 1.97. The van der Waals surface area contributed by atoms with Crippen molar-refractivity contribution in [2.75, 3.05) is 19.6 Å². The van der Waals surface area contributed by atoms with E-state index in [1.807, 2.05) is 0 Å². The van der Waals surface area contributed by atoms with E-state index in [0.29, 0.717) is 30.6 Å². The van der Waals surface area contributed by atoms with Crippen LogP contribution in [0.15, 0.2) is 29.7 Å². The summed E-state index contributed by atoms with van der Waals surface area (Å²) in [7, 11) is -3.34. The van der Waals surface area contributed by atoms with Gasteiger partial charge in [0.05, 0.1) is 0 Å². The van der Waals surface area contributed by atoms with Gasteiger partial charge in [0.25, 0.3) is 0 Å². The highest BCUT2D eigenvalue weighted by Gasteiger charge is 2.25. The second kappa shape index (κ2) is 7.40. The minimum absolute atomic E-state index is 0.557. The van der Waals surface area contributed by atoms with E-state index in [2.05, 4.69) is 0 Å². The zero-order valence-corrected chi connectivity index (χ0v) is 13.5. The predicted octanol–water partition coefficient (Wildman–Crippen LogP) is 2.70. The van der Waals surface area contributed by atoms with Crippen LogP contribution >= 0.6 is 11.6 Å². The maximum atomic E-state index is 12.3. The van der Waals surface area contributed by atoms with Crippen LogP contribution in [0.5, 0.6) is 0 Å². The van der Waals surface area contributed by atoms with Crippen LogP contribution in [0.2, 0.25) is 5.02 Å². The Morgan fingerprint density at radius 1 is 1.24 bits per heavy atom. The first-order valence-corrected chi connectivity index (χ1v) is 9.03. The number of nitrogens with two attached hydrogens (primary N) is 1. The number of nitrogens with zero attached hydrogens (tertiary/aromatic N) is 1. The summed E-state index contributed by atoms with van der Waals surface area (Å²) in [6.07, 6.45) is 4.38. The highest BCUT2D eigenvalue weighted by Crippen LogP contribution is 2.22. The summed E-state index contributed by atoms with van der Waals surface area (Å²) in [4.78, 5) is 0. The lowest BCUT2D eigenvalue weighted by atomic mass is 9.95. The molecule has 0 saturated carbocycles. The molecule has 6 heteroatoms. The lowest BCUT2D eigenvalue weighted by molar-refractivity contribution is 0.268. The van der Waals surface area contributed by atoms with Crippen molar-refractivity contribution in [1.29, 1.82) is 0 Å². The molecule has 0 radical (unpaired) electrons. The van der Waals surface area contributed by atoms with Gasteiger partial charge in [-0.2, -0.15) is 4.31 Å². The minimum atomic E-state index is -3.34. The van der Waals surface area contributed by atoms with E-state index in [1.54, 1.807) is 34.6 Å². The van der Waals surface area contributed by atoms with Gasteiger partial charge in [0.15, 0.2) is 0 Å². The fourth-order valence-corrected chi connectivity index (χ4v) is 3.86. The Labute approximate surface area is 131 Å². The van der Waals surface area contributed by atoms with Gasteiger partial charge >= 0.3 is 0 Å². The monoisotopic (exact) mass is 328 g/mol. The summed E-state index contributed by atoms with van der Waals surface area (Å²) < 4.78 is 26.1. The Morgan fingerprint density at radius 3 is 2.43 bits per heavy atom. The molecule has 0 atom stereocenters. The molecule has 0 bridgehead atoms. The second-order valence-corrected chi connectivity index (χ2v) is 7.57. The van der Waals surface area contributed by atoms with Crippen LogP contribution in [0, 0.1) is 5.92 Å². The molecule has 1 aromatic rings. The molecule has 0 aromatic heterocycles. The molecule has 4 nitrogen and oxygen atoms in total. The van der Waals surface area contributed by atoms with Crippen LogP contribution in [0.4, 0.5) is 0 Å². The van der Waals surface area contributed by atoms with Crippen LogP contribution in [-0.4, -0.2) is 32.4 Å². The number of sulfonamides is 1. The number of benzene rings is 1. The maximum Gasteiger partial charge on any atom is 0.236 e. The van der Waals surface area contributed by atoms with Crippen molar-refractivity contribution in [2.24, 2.45) is 11.7 Å². The molecule has 2 N–H and O–H groups in total. The van der Waals surface area contributed by atoms with Gasteiger partial charge in [0.1, 0.15) is 0 Å². The summed E-state index contributed by atoms with van der Waals surface area (Å²) in [5.41, 5.74) is 6.37. The highest BCUT2D eigenvalue weighted by molar-refractivity contribution is 7.92. The largest absolute Gasteiger partial charge is 0.330 e. The van der Waals surface area contributed by atoms with E-state index in [4.69, 9.17) is 17.3 Å². The molecule has 1 fully saturated rings. The SMILES string of the molecule is NCCC1CCN(S(=O)(=O)C=Cc2ccc(Cl)cc2)CC1. The van der Waals surface area contributed by atoms with E-state index in [-0.39, 0.29) is 0 Å². The first-order chi connectivity index (χ1) is 10.0. The molecule has 0 aliphatic carbocycles. The summed E-state index contributed by atoms with van der Waals surface area (Å²) in [6.45, 7) is 1.84. The number of piperidine rings is 1. The fourth-order valence-electron chi connectivity index (χ4n) is 2.51. The Morgan fingerprint density at radius 2 is 1.86 bits per heavy atom. The highest BCUT2D eigenvalue weighted by atomic mass is 35.5. The zero-order valence-electron chi connectivity index (χ0n) is 11.9. The summed E-state index contributed by atoms with van der Waals surface area (Å²) >= 11 is 5.80. The summed E-state index contributed by atoms with van der Waals surface area (Å²) in [5, 5.41) is 1.91. The molecule has 0 amide bonds. The molecule has 0 unspecified atom stereocenters. The third-order valence-electron chi connectivity index (χ3n) is 3.81. The van der Waals surface area contributed by atoms with E-state index < -0.39 is 10.0 Å². The van der Waals surface area contributed by atoms with E-state index >= 15 is 0 Å². The smallest absolute Gasteiger partial charge is 0.236 e. The standard InChI is InChI=1S/C15H21ClN2O2S/c16-15-3-1-13(2-4-15)8-12-21(19,20)18-10-6-14(5-9-17)7-11-18/h1-4,8,12,14H,5-7,9-11,17H2. The van der Waals surface area contributed by atoms with E-state index in [9.17, 15) is 8.42 Å². The van der Waals surface area contributed by atoms with Gasteiger partial charge < -0.3 is 5.73 Å². The number of hydrogen-bond donors (Lipinski definition) is 1. The van der Waals surface area contributed by atoms with Crippen molar-refractivity contribution in [3.8, 4) is 0 Å². The Hall–Kier alpha value is -0.880. The molecule has 1 heterocycles. The molecular weight excluding hydrogens is 308 g/mol. The molecule has 0 spiro atoms. The third-order valence-corrected chi connectivity index (χ3v) is 5.63. The minimum Gasteiger partial charge on any atom is -0.330 e. The lowest BCUT2D eigenvalue weighted by Gasteiger charge is -2.30. The molecule has 1 aliphatic rings. The lowest BCUT2D eigenvalue weighted by Crippen LogP contribution is -2.37. The average molecular weight is 329 g/mol. The van der Waals surface area contributed by atoms with Gasteiger partial charge in [-0.15, -0.1) is 0 Å². The third kappa shape index (κ3) is 4.81. The first kappa shape index (κ1) is 16.5. The topological polar surface area (TPSA) is 63.4 Å². The predicted molar refractivity (Wildman–Crippen MR) is 87.4 cm³/mol. The van der Waals surface area contributed by atoms with Crippen LogP contribution in [0.1, 0.15) is 24.8 Å². The summed E-state index contributed by atoms with van der Waals surface area (Å²) in [5.74, 6) is 0.557. The maximum absolute atomic E-state index is 12.3. The van der Waals surface area contributed by atoms with Gasteiger partial charge in [-0.25, -0.2) is 8.42 Å². The van der Waals surface area contributed by atoms with Gasteiger partial charge in [-0.1, -0.05) is 23.7 Å². The van der Waals surface area contributed by atoms with Crippen LogP contribution in [0.25, 0.3) is 6.08 Å². The second-order valence-electron chi connectivity index (χ2n) is 5.32. The van der Waals surface area contributed by atoms with Crippen molar-refractivity contribution in [2.45, 2.75) is 19.3 Å². The number of rotatable bonds is 5. The quantitative estimate of drug-likeness (QED) is 0.903. The average Bonchev–Trinajstić information content (AvgIpc) is 2.48. The number of hydrogen-bond acceptors (Lipinski definition) is 3. The van der Waals surface area contributed by atoms with E-state index in [0.717, 1.165) is 24.8 Å². The van der Waals surface area contributed by atoms with Crippen LogP contribution in [-0.2, 0) is 10.0 Å². The first-order valence-electron chi connectivity index (χ1n) is 7.15. The van der Waals surface area contributed by atoms with Crippen LogP contribution in [0.3, 0.4) is 0 Å². The summed E-state index contributed by atoms with van der Waals surface area (Å²) in [6, 6.07) is 7.07. The van der Waals surface area contributed by atoms with Crippen molar-refractivity contribution in [3.63, 3.8) is 0 Å². The van der Waals surface area contributed by atoms with Gasteiger partial charge in [0, 0.05) is 23.5 Å². The Kier molecular flexibility index (Phi) is 5.81. The molecular formula is C15H21ClN2O2S. The van der Waals surface area contributed by atoms with Gasteiger partial charge in [-0.05, 0) is 55.5 Å². The van der Waals surface area contributed by atoms with Gasteiger partial charge in [0.2, 0.25) is 10.0 Å². The normalized spacial score (nSPS) is 18.4. The molecule has 21 heavy (non-hydrogen) atoms. The fraction of sp³-hybridized carbons (Fsp3) is 0.467. The van der Waals surface area contributed by atoms with Crippen LogP contribution < -0.4 is 5.73 Å². The molecule has 1 aromatic carbocycles. The van der Waals surface area contributed by atoms with Crippen molar-refractivity contribution in [3.05, 3.63) is 40.3 Å². The van der Waals surface area contributed by atoms with Crippen molar-refractivity contribution >= 4 is 27.7 Å².